The van der Waals surface area contributed by atoms with Gasteiger partial charge < -0.3 is 20.1 Å². The van der Waals surface area contributed by atoms with Crippen LogP contribution < -0.4 is 10.6 Å². The Kier molecular flexibility index (Phi) is 9.49. The van der Waals surface area contributed by atoms with Gasteiger partial charge in [0, 0.05) is 56.2 Å². The van der Waals surface area contributed by atoms with Crippen molar-refractivity contribution >= 4 is 29.8 Å². The zero-order chi connectivity index (χ0) is 28.6. The van der Waals surface area contributed by atoms with Crippen LogP contribution in [0.25, 0.3) is 11.1 Å². The maximum atomic E-state index is 12.9. The maximum absolute atomic E-state index is 12.9. The normalized spacial score (nSPS) is 15.4. The summed E-state index contributed by atoms with van der Waals surface area (Å²) in [6.45, 7) is 5.84. The van der Waals surface area contributed by atoms with Crippen LogP contribution in [0.3, 0.4) is 0 Å². The number of hydroxylamine groups is 2. The minimum atomic E-state index is -1.19. The van der Waals surface area contributed by atoms with Crippen LogP contribution in [-0.2, 0) is 23.9 Å². The second-order valence-corrected chi connectivity index (χ2v) is 9.41. The molecule has 0 radical (unpaired) electrons. The highest BCUT2D eigenvalue weighted by atomic mass is 16.8. The predicted molar refractivity (Wildman–Crippen MR) is 143 cm³/mol. The van der Waals surface area contributed by atoms with E-state index in [2.05, 4.69) is 10.6 Å². The number of nitrogens with one attached hydrogen (secondary N) is 2. The maximum Gasteiger partial charge on any atom is 0.533 e. The second kappa shape index (κ2) is 13.2. The summed E-state index contributed by atoms with van der Waals surface area (Å²) in [5, 5.41) is 6.11. The van der Waals surface area contributed by atoms with Crippen molar-refractivity contribution in [3.8, 4) is 11.1 Å². The highest BCUT2D eigenvalue weighted by Crippen LogP contribution is 2.45. The number of ether oxygens (including phenoxy) is 2. The first kappa shape index (κ1) is 28.8. The molecule has 1 aliphatic carbocycles. The van der Waals surface area contributed by atoms with Crippen LogP contribution >= 0.6 is 0 Å². The second-order valence-electron chi connectivity index (χ2n) is 9.41. The van der Waals surface area contributed by atoms with Gasteiger partial charge in [-0.1, -0.05) is 17.2 Å². The van der Waals surface area contributed by atoms with Gasteiger partial charge in [0.2, 0.25) is 0 Å². The van der Waals surface area contributed by atoms with Gasteiger partial charge in [-0.15, -0.1) is 0 Å². The van der Waals surface area contributed by atoms with Crippen molar-refractivity contribution in [3.63, 3.8) is 0 Å². The molecule has 1 aliphatic heterocycles. The first-order chi connectivity index (χ1) is 19.3. The van der Waals surface area contributed by atoms with E-state index in [1.54, 1.807) is 24.3 Å². The van der Waals surface area contributed by atoms with Crippen molar-refractivity contribution in [1.82, 2.24) is 15.7 Å². The minimum Gasteiger partial charge on any atom is -0.432 e. The number of hydrogen-bond acceptors (Lipinski definition) is 8. The molecular weight excluding hydrogens is 518 g/mol. The van der Waals surface area contributed by atoms with Crippen LogP contribution in [0.4, 0.5) is 4.79 Å². The topological polar surface area (TPSA) is 140 Å². The minimum absolute atomic E-state index is 0.0323. The number of rotatable bonds is 12. The van der Waals surface area contributed by atoms with Crippen LogP contribution in [0.1, 0.15) is 77.3 Å². The number of nitrogens with zero attached hydrogens (tertiary/aromatic N) is 1. The Morgan fingerprint density at radius 2 is 1.48 bits per heavy atom. The largest absolute Gasteiger partial charge is 0.533 e. The summed E-state index contributed by atoms with van der Waals surface area (Å²) in [6.07, 6.45) is 0.362. The van der Waals surface area contributed by atoms with E-state index in [4.69, 9.17) is 14.3 Å². The van der Waals surface area contributed by atoms with E-state index in [0.717, 1.165) is 35.1 Å². The van der Waals surface area contributed by atoms with Crippen molar-refractivity contribution in [1.29, 1.82) is 0 Å². The number of hydrogen-bond donors (Lipinski definition) is 2. The average Bonchev–Trinajstić information content (AvgIpc) is 3.44. The third-order valence-corrected chi connectivity index (χ3v) is 6.75. The molecule has 2 aromatic rings. The lowest BCUT2D eigenvalue weighted by Gasteiger charge is -2.17. The fraction of sp³-hybridized carbons (Fsp3) is 0.414. The molecule has 0 aromatic heterocycles. The predicted octanol–water partition coefficient (Wildman–Crippen LogP) is 3.31. The van der Waals surface area contributed by atoms with Gasteiger partial charge in [-0.05, 0) is 73.2 Å². The Balaban J connectivity index is 1.53. The Bertz CT molecular complexity index is 1290. The molecule has 2 N–H and O–H groups in total. The fourth-order valence-electron chi connectivity index (χ4n) is 4.77. The molecule has 1 unspecified atom stereocenters. The summed E-state index contributed by atoms with van der Waals surface area (Å²) in [4.78, 5) is 66.2. The summed E-state index contributed by atoms with van der Waals surface area (Å²) < 4.78 is 10.7. The number of benzene rings is 2. The van der Waals surface area contributed by atoms with E-state index >= 15 is 0 Å². The van der Waals surface area contributed by atoms with Crippen LogP contribution in [-0.4, -0.2) is 67.8 Å². The molecule has 1 fully saturated rings. The van der Waals surface area contributed by atoms with Crippen LogP contribution in [0, 0.1) is 0 Å². The molecule has 1 saturated heterocycles. The first-order valence-electron chi connectivity index (χ1n) is 13.5. The molecule has 0 spiro atoms. The Morgan fingerprint density at radius 3 is 2.05 bits per heavy atom. The smallest absolute Gasteiger partial charge is 0.432 e. The summed E-state index contributed by atoms with van der Waals surface area (Å²) in [7, 11) is 0. The van der Waals surface area contributed by atoms with Crippen LogP contribution in [0.5, 0.6) is 0 Å². The lowest BCUT2D eigenvalue weighted by molar-refractivity contribution is -0.177. The number of fused-ring (bicyclic) bond motifs is 3. The van der Waals surface area contributed by atoms with Gasteiger partial charge in [-0.25, -0.2) is 4.79 Å². The highest BCUT2D eigenvalue weighted by molar-refractivity contribution is 6.01. The summed E-state index contributed by atoms with van der Waals surface area (Å²) in [6, 6.07) is 10.6. The molecule has 0 bridgehead atoms. The standard InChI is InChI=1S/C29H33N3O8/c1-3-30-27(35)18-7-9-20-21-10-8-19(28(36)31-13-5-6-14-38-4-2)16-23(21)24(22(20)15-18)17-39-29(37)40-32-25(33)11-12-26(32)34/h7-10,15-16,24H,3-6,11-14,17H2,1-2H3,(H,30,35)(H,31,36). The Labute approximate surface area is 232 Å². The average molecular weight is 552 g/mol. The van der Waals surface area contributed by atoms with Gasteiger partial charge in [-0.2, -0.15) is 0 Å². The number of unbranched alkanes of at least 4 members (excludes halogenated alkanes) is 1. The molecule has 1 heterocycles. The quantitative estimate of drug-likeness (QED) is 0.233. The number of amides is 4. The van der Waals surface area contributed by atoms with Crippen LogP contribution in [0.2, 0.25) is 0 Å². The number of imide groups is 1. The van der Waals surface area contributed by atoms with Gasteiger partial charge in [0.15, 0.2) is 0 Å². The van der Waals surface area contributed by atoms with Gasteiger partial charge >= 0.3 is 6.16 Å². The third kappa shape index (κ3) is 6.48. The van der Waals surface area contributed by atoms with Gasteiger partial charge in [0.1, 0.15) is 6.61 Å². The van der Waals surface area contributed by atoms with E-state index in [1.165, 1.54) is 0 Å². The summed E-state index contributed by atoms with van der Waals surface area (Å²) in [5.41, 5.74) is 4.07. The van der Waals surface area contributed by atoms with Crippen molar-refractivity contribution in [2.45, 2.75) is 45.4 Å². The zero-order valence-electron chi connectivity index (χ0n) is 22.6. The summed E-state index contributed by atoms with van der Waals surface area (Å²) in [5.74, 6) is -2.22. The first-order valence-corrected chi connectivity index (χ1v) is 13.5. The zero-order valence-corrected chi connectivity index (χ0v) is 22.6. The molecule has 4 amide bonds. The van der Waals surface area contributed by atoms with Gasteiger partial charge in [0.05, 0.1) is 0 Å². The lowest BCUT2D eigenvalue weighted by Crippen LogP contribution is -2.32. The highest BCUT2D eigenvalue weighted by Gasteiger charge is 2.35. The van der Waals surface area contributed by atoms with Gasteiger partial charge in [0.25, 0.3) is 23.6 Å². The molecule has 11 nitrogen and oxygen atoms in total. The monoisotopic (exact) mass is 551 g/mol. The molecular formula is C29H33N3O8. The van der Waals surface area contributed by atoms with Crippen molar-refractivity contribution in [2.75, 3.05) is 32.9 Å². The molecule has 11 heteroatoms. The lowest BCUT2D eigenvalue weighted by atomic mass is 9.95. The molecule has 4 rings (SSSR count). The molecule has 0 saturated carbocycles. The van der Waals surface area contributed by atoms with E-state index < -0.39 is 23.9 Å². The third-order valence-electron chi connectivity index (χ3n) is 6.75. The van der Waals surface area contributed by atoms with Crippen LogP contribution in [0.15, 0.2) is 36.4 Å². The van der Waals surface area contributed by atoms with E-state index in [9.17, 15) is 24.0 Å². The molecule has 2 aromatic carbocycles. The van der Waals surface area contributed by atoms with Crippen molar-refractivity contribution in [2.24, 2.45) is 0 Å². The number of carbonyl (C=O) groups is 5. The fourth-order valence-corrected chi connectivity index (χ4v) is 4.77. The van der Waals surface area contributed by atoms with E-state index in [0.29, 0.717) is 42.5 Å². The molecule has 212 valence electrons. The molecule has 2 aliphatic rings. The van der Waals surface area contributed by atoms with E-state index in [1.807, 2.05) is 26.0 Å². The van der Waals surface area contributed by atoms with Crippen molar-refractivity contribution < 1.29 is 38.3 Å². The van der Waals surface area contributed by atoms with Crippen molar-refractivity contribution in [3.05, 3.63) is 58.7 Å². The number of carbonyl (C=O) groups excluding carboxylic acids is 5. The summed E-state index contributed by atoms with van der Waals surface area (Å²) >= 11 is 0. The Hall–Kier alpha value is -4.25. The SMILES string of the molecule is CCNC(=O)c1ccc2c(c1)C(COC(=O)ON1C(=O)CCC1=O)c1cc(C(=O)NCCCCOCC)ccc1-2. The Morgan fingerprint density at radius 1 is 0.875 bits per heavy atom. The van der Waals surface area contributed by atoms with E-state index in [-0.39, 0.29) is 31.3 Å². The van der Waals surface area contributed by atoms with Gasteiger partial charge in [-0.3, -0.25) is 24.0 Å². The molecule has 40 heavy (non-hydrogen) atoms. The molecule has 1 atom stereocenters.